The van der Waals surface area contributed by atoms with Crippen molar-refractivity contribution in [2.45, 2.75) is 38.4 Å². The van der Waals surface area contributed by atoms with E-state index in [-0.39, 0.29) is 18.8 Å². The lowest BCUT2D eigenvalue weighted by Crippen LogP contribution is -2.38. The van der Waals surface area contributed by atoms with E-state index in [9.17, 15) is 4.79 Å². The van der Waals surface area contributed by atoms with Gasteiger partial charge in [0.25, 0.3) is 0 Å². The molecule has 4 rings (SSSR count). The van der Waals surface area contributed by atoms with Crippen molar-refractivity contribution in [3.8, 4) is 5.75 Å². The molecule has 34 heavy (non-hydrogen) atoms. The van der Waals surface area contributed by atoms with Gasteiger partial charge in [0.05, 0.1) is 6.10 Å². The van der Waals surface area contributed by atoms with Gasteiger partial charge in [0, 0.05) is 19.6 Å². The molecule has 0 aromatic heterocycles. The number of piperidine rings is 1. The highest BCUT2D eigenvalue weighted by molar-refractivity contribution is 5.68. The molecule has 3 aromatic rings. The second kappa shape index (κ2) is 11.8. The molecule has 1 fully saturated rings. The number of hydrogen-bond donors (Lipinski definition) is 1. The van der Waals surface area contributed by atoms with Crippen LogP contribution in [0.25, 0.3) is 0 Å². The Morgan fingerprint density at radius 1 is 0.941 bits per heavy atom. The number of carboxylic acids is 1. The number of carbonyl (C=O) groups is 1. The van der Waals surface area contributed by atoms with E-state index >= 15 is 0 Å². The van der Waals surface area contributed by atoms with Crippen LogP contribution in [-0.2, 0) is 16.0 Å². The van der Waals surface area contributed by atoms with Crippen molar-refractivity contribution in [3.05, 3.63) is 101 Å². The van der Waals surface area contributed by atoms with Crippen molar-refractivity contribution in [2.24, 2.45) is 0 Å². The van der Waals surface area contributed by atoms with E-state index in [1.807, 2.05) is 30.3 Å². The molecule has 1 unspecified atom stereocenters. The van der Waals surface area contributed by atoms with Crippen LogP contribution in [0, 0.1) is 6.92 Å². The van der Waals surface area contributed by atoms with E-state index < -0.39 is 5.97 Å². The third kappa shape index (κ3) is 6.92. The van der Waals surface area contributed by atoms with Gasteiger partial charge in [-0.15, -0.1) is 0 Å². The Hall–Kier alpha value is -3.15. The zero-order valence-electron chi connectivity index (χ0n) is 19.7. The second-order valence-electron chi connectivity index (χ2n) is 8.95. The summed E-state index contributed by atoms with van der Waals surface area (Å²) in [5, 5.41) is 8.71. The summed E-state index contributed by atoms with van der Waals surface area (Å²) >= 11 is 0. The molecule has 1 heterocycles. The maximum atomic E-state index is 10.6. The Bertz CT molecular complexity index is 1030. The normalized spacial score (nSPS) is 15.7. The first-order valence-electron chi connectivity index (χ1n) is 12.0. The van der Waals surface area contributed by atoms with Gasteiger partial charge in [0.2, 0.25) is 0 Å². The predicted octanol–water partition coefficient (Wildman–Crippen LogP) is 5.27. The fraction of sp³-hybridized carbons (Fsp3) is 0.345. The quantitative estimate of drug-likeness (QED) is 0.448. The number of ether oxygens (including phenoxy) is 2. The zero-order chi connectivity index (χ0) is 23.8. The van der Waals surface area contributed by atoms with E-state index in [1.165, 1.54) is 22.3 Å². The van der Waals surface area contributed by atoms with Crippen LogP contribution in [0.5, 0.6) is 5.75 Å². The molecule has 0 spiro atoms. The van der Waals surface area contributed by atoms with Crippen molar-refractivity contribution in [3.63, 3.8) is 0 Å². The Morgan fingerprint density at radius 3 is 2.24 bits per heavy atom. The van der Waals surface area contributed by atoms with Crippen LogP contribution < -0.4 is 4.74 Å². The van der Waals surface area contributed by atoms with Gasteiger partial charge in [0.1, 0.15) is 11.9 Å². The Kier molecular flexibility index (Phi) is 8.34. The molecule has 0 saturated carbocycles. The van der Waals surface area contributed by atoms with Gasteiger partial charge >= 0.3 is 5.97 Å². The first-order valence-corrected chi connectivity index (χ1v) is 12.0. The molecule has 1 atom stereocenters. The summed E-state index contributed by atoms with van der Waals surface area (Å²) < 4.78 is 11.9. The molecular weight excluding hydrogens is 426 g/mol. The largest absolute Gasteiger partial charge is 0.482 e. The highest BCUT2D eigenvalue weighted by Gasteiger charge is 2.24. The fourth-order valence-electron chi connectivity index (χ4n) is 4.36. The number of aryl methyl sites for hydroxylation is 1. The van der Waals surface area contributed by atoms with Crippen molar-refractivity contribution >= 4 is 5.97 Å². The number of rotatable bonds is 10. The molecule has 0 bridgehead atoms. The van der Waals surface area contributed by atoms with E-state index in [0.717, 1.165) is 38.9 Å². The van der Waals surface area contributed by atoms with Gasteiger partial charge in [-0.3, -0.25) is 0 Å². The molecule has 1 aliphatic heterocycles. The van der Waals surface area contributed by atoms with Crippen LogP contribution in [0.2, 0.25) is 0 Å². The molecule has 0 aliphatic carbocycles. The SMILES string of the molecule is Cc1ccc(C(OC2CCN(CCc3ccc(OCC(=O)O)cc3)CC2)c2ccccc2)cc1. The lowest BCUT2D eigenvalue weighted by atomic mass is 9.99. The number of hydrogen-bond acceptors (Lipinski definition) is 4. The van der Waals surface area contributed by atoms with E-state index in [1.54, 1.807) is 0 Å². The van der Waals surface area contributed by atoms with Crippen molar-refractivity contribution in [1.29, 1.82) is 0 Å². The van der Waals surface area contributed by atoms with Gasteiger partial charge in [-0.05, 0) is 55.0 Å². The summed E-state index contributed by atoms with van der Waals surface area (Å²) in [6.45, 7) is 4.85. The van der Waals surface area contributed by atoms with Crippen LogP contribution in [0.15, 0.2) is 78.9 Å². The zero-order valence-corrected chi connectivity index (χ0v) is 19.7. The molecule has 1 saturated heterocycles. The van der Waals surface area contributed by atoms with Crippen LogP contribution in [0.3, 0.4) is 0 Å². The summed E-state index contributed by atoms with van der Waals surface area (Å²) in [6.07, 6.45) is 3.21. The molecule has 5 nitrogen and oxygen atoms in total. The molecular formula is C29H33NO4. The average Bonchev–Trinajstić information content (AvgIpc) is 2.87. The Labute approximate surface area is 201 Å². The number of carboxylic acid groups (broad SMARTS) is 1. The smallest absolute Gasteiger partial charge is 0.341 e. The van der Waals surface area contributed by atoms with Gasteiger partial charge in [0.15, 0.2) is 6.61 Å². The van der Waals surface area contributed by atoms with Crippen LogP contribution in [0.4, 0.5) is 0 Å². The molecule has 0 amide bonds. The van der Waals surface area contributed by atoms with E-state index in [4.69, 9.17) is 14.6 Å². The maximum absolute atomic E-state index is 10.6. The summed E-state index contributed by atoms with van der Waals surface area (Å²) in [5.74, 6) is -0.379. The summed E-state index contributed by atoms with van der Waals surface area (Å²) in [7, 11) is 0. The Morgan fingerprint density at radius 2 is 1.59 bits per heavy atom. The van der Waals surface area contributed by atoms with Crippen molar-refractivity contribution in [2.75, 3.05) is 26.2 Å². The number of aliphatic carboxylic acids is 1. The van der Waals surface area contributed by atoms with Crippen LogP contribution in [0.1, 0.15) is 41.2 Å². The van der Waals surface area contributed by atoms with Gasteiger partial charge < -0.3 is 19.5 Å². The summed E-state index contributed by atoms with van der Waals surface area (Å²) in [5.41, 5.74) is 4.88. The maximum Gasteiger partial charge on any atom is 0.341 e. The summed E-state index contributed by atoms with van der Waals surface area (Å²) in [4.78, 5) is 13.1. The van der Waals surface area contributed by atoms with E-state index in [2.05, 4.69) is 60.4 Å². The predicted molar refractivity (Wildman–Crippen MR) is 133 cm³/mol. The highest BCUT2D eigenvalue weighted by Crippen LogP contribution is 2.30. The topological polar surface area (TPSA) is 59.0 Å². The lowest BCUT2D eigenvalue weighted by Gasteiger charge is -2.34. The van der Waals surface area contributed by atoms with Gasteiger partial charge in [-0.25, -0.2) is 4.79 Å². The molecule has 178 valence electrons. The standard InChI is InChI=1S/C29H33NO4/c1-22-7-11-25(12-8-22)29(24-5-3-2-4-6-24)34-27-16-19-30(20-17-27)18-15-23-9-13-26(14-10-23)33-21-28(31)32/h2-14,27,29H,15-21H2,1H3,(H,31,32). The van der Waals surface area contributed by atoms with Crippen LogP contribution >= 0.6 is 0 Å². The Balaban J connectivity index is 1.28. The second-order valence-corrected chi connectivity index (χ2v) is 8.95. The first-order chi connectivity index (χ1) is 16.6. The molecule has 1 N–H and O–H groups in total. The minimum absolute atomic E-state index is 0.0415. The summed E-state index contributed by atoms with van der Waals surface area (Å²) in [6, 6.07) is 26.9. The third-order valence-electron chi connectivity index (χ3n) is 6.35. The van der Waals surface area contributed by atoms with Gasteiger partial charge in [-0.1, -0.05) is 72.3 Å². The van der Waals surface area contributed by atoms with Crippen molar-refractivity contribution < 1.29 is 19.4 Å². The lowest BCUT2D eigenvalue weighted by molar-refractivity contribution is -0.139. The minimum Gasteiger partial charge on any atom is -0.482 e. The third-order valence-corrected chi connectivity index (χ3v) is 6.35. The number of nitrogens with zero attached hydrogens (tertiary/aromatic N) is 1. The fourth-order valence-corrected chi connectivity index (χ4v) is 4.36. The van der Waals surface area contributed by atoms with E-state index in [0.29, 0.717) is 5.75 Å². The monoisotopic (exact) mass is 459 g/mol. The first kappa shape index (κ1) is 24.0. The van der Waals surface area contributed by atoms with Crippen molar-refractivity contribution in [1.82, 2.24) is 4.90 Å². The molecule has 1 aliphatic rings. The van der Waals surface area contributed by atoms with Gasteiger partial charge in [-0.2, -0.15) is 0 Å². The molecule has 5 heteroatoms. The molecule has 3 aromatic carbocycles. The minimum atomic E-state index is -0.967. The van der Waals surface area contributed by atoms with Crippen LogP contribution in [-0.4, -0.2) is 48.3 Å². The highest BCUT2D eigenvalue weighted by atomic mass is 16.5. The average molecular weight is 460 g/mol. The molecule has 0 radical (unpaired) electrons. The number of likely N-dealkylation sites (tertiary alicyclic amines) is 1. The number of benzene rings is 3.